The van der Waals surface area contributed by atoms with Crippen LogP contribution in [0.4, 0.5) is 5.95 Å². The van der Waals surface area contributed by atoms with Gasteiger partial charge in [-0.2, -0.15) is 0 Å². The van der Waals surface area contributed by atoms with Crippen molar-refractivity contribution in [2.75, 3.05) is 24.6 Å². The van der Waals surface area contributed by atoms with Crippen LogP contribution >= 0.6 is 15.9 Å². The molecule has 0 amide bonds. The number of rotatable bonds is 4. The van der Waals surface area contributed by atoms with Gasteiger partial charge in [-0.3, -0.25) is 4.98 Å². The van der Waals surface area contributed by atoms with Gasteiger partial charge in [0.2, 0.25) is 11.8 Å². The molecule has 21 heavy (non-hydrogen) atoms. The Morgan fingerprint density at radius 2 is 2.05 bits per heavy atom. The molecule has 0 radical (unpaired) electrons. The fourth-order valence-corrected chi connectivity index (χ4v) is 2.62. The van der Waals surface area contributed by atoms with Crippen LogP contribution in [0.2, 0.25) is 0 Å². The molecule has 1 fully saturated rings. The van der Waals surface area contributed by atoms with E-state index in [-0.39, 0.29) is 0 Å². The number of aromatic nitrogens is 4. The molecule has 1 unspecified atom stereocenters. The van der Waals surface area contributed by atoms with Gasteiger partial charge >= 0.3 is 0 Å². The second-order valence-corrected chi connectivity index (χ2v) is 5.93. The predicted octanol–water partition coefficient (Wildman–Crippen LogP) is 2.32. The lowest BCUT2D eigenvalue weighted by Gasteiger charge is -2.32. The number of ether oxygens (including phenoxy) is 1. The molecular weight excluding hydrogens is 334 g/mol. The van der Waals surface area contributed by atoms with E-state index in [9.17, 15) is 0 Å². The smallest absolute Gasteiger partial charge is 0.232 e. The van der Waals surface area contributed by atoms with E-state index in [0.717, 1.165) is 36.4 Å². The molecule has 1 aliphatic rings. The van der Waals surface area contributed by atoms with Gasteiger partial charge in [0, 0.05) is 43.8 Å². The van der Waals surface area contributed by atoms with Crippen molar-refractivity contribution in [1.82, 2.24) is 19.9 Å². The lowest BCUT2D eigenvalue weighted by Crippen LogP contribution is -2.38. The highest BCUT2D eigenvalue weighted by molar-refractivity contribution is 9.10. The average Bonchev–Trinajstić information content (AvgIpc) is 2.55. The highest BCUT2D eigenvalue weighted by Crippen LogP contribution is 2.21. The Morgan fingerprint density at radius 1 is 1.19 bits per heavy atom. The van der Waals surface area contributed by atoms with Crippen LogP contribution in [0.5, 0.6) is 5.88 Å². The number of halogens is 1. The maximum Gasteiger partial charge on any atom is 0.232 e. The molecular formula is C14H16BrN5O. The number of hydrogen-bond donors (Lipinski definition) is 0. The zero-order chi connectivity index (χ0) is 14.5. The maximum atomic E-state index is 5.70. The van der Waals surface area contributed by atoms with Gasteiger partial charge in [-0.25, -0.2) is 15.0 Å². The van der Waals surface area contributed by atoms with Crippen LogP contribution in [0.25, 0.3) is 0 Å². The van der Waals surface area contributed by atoms with Crippen LogP contribution in [0, 0.1) is 5.92 Å². The quantitative estimate of drug-likeness (QED) is 0.843. The van der Waals surface area contributed by atoms with Gasteiger partial charge in [0.25, 0.3) is 0 Å². The van der Waals surface area contributed by atoms with Crippen LogP contribution in [0.3, 0.4) is 0 Å². The molecule has 1 aliphatic heterocycles. The largest absolute Gasteiger partial charge is 0.476 e. The third-order valence-electron chi connectivity index (χ3n) is 3.41. The summed E-state index contributed by atoms with van der Waals surface area (Å²) in [5.74, 6) is 1.81. The van der Waals surface area contributed by atoms with Gasteiger partial charge in [-0.15, -0.1) is 0 Å². The molecule has 1 atom stereocenters. The van der Waals surface area contributed by atoms with Gasteiger partial charge in [0.05, 0.1) is 17.3 Å². The van der Waals surface area contributed by atoms with E-state index < -0.39 is 0 Å². The second kappa shape index (κ2) is 6.80. The fourth-order valence-electron chi connectivity index (χ4n) is 2.41. The summed E-state index contributed by atoms with van der Waals surface area (Å²) >= 11 is 3.36. The van der Waals surface area contributed by atoms with Crippen molar-refractivity contribution in [2.24, 2.45) is 5.92 Å². The van der Waals surface area contributed by atoms with Crippen molar-refractivity contribution in [3.8, 4) is 5.88 Å². The van der Waals surface area contributed by atoms with Crippen molar-refractivity contribution in [3.05, 3.63) is 35.5 Å². The zero-order valence-corrected chi connectivity index (χ0v) is 13.1. The summed E-state index contributed by atoms with van der Waals surface area (Å²) in [6.45, 7) is 2.54. The van der Waals surface area contributed by atoms with Crippen molar-refractivity contribution in [3.63, 3.8) is 0 Å². The molecule has 0 aromatic carbocycles. The Kier molecular flexibility index (Phi) is 4.59. The van der Waals surface area contributed by atoms with E-state index in [2.05, 4.69) is 40.8 Å². The summed E-state index contributed by atoms with van der Waals surface area (Å²) in [5, 5.41) is 0. The summed E-state index contributed by atoms with van der Waals surface area (Å²) in [6, 6.07) is 0. The van der Waals surface area contributed by atoms with Crippen molar-refractivity contribution < 1.29 is 4.74 Å². The van der Waals surface area contributed by atoms with Crippen LogP contribution in [0.15, 0.2) is 35.5 Å². The molecule has 3 heterocycles. The van der Waals surface area contributed by atoms with E-state index in [1.807, 2.05) is 0 Å². The summed E-state index contributed by atoms with van der Waals surface area (Å²) in [4.78, 5) is 19.0. The molecule has 2 aromatic rings. The number of hydrogen-bond acceptors (Lipinski definition) is 6. The molecule has 2 aromatic heterocycles. The molecule has 6 nitrogen and oxygen atoms in total. The SMILES string of the molecule is Brc1cnc(N2CCCC(COc3cnccn3)C2)nc1. The van der Waals surface area contributed by atoms with Gasteiger partial charge in [0.15, 0.2) is 0 Å². The molecule has 110 valence electrons. The van der Waals surface area contributed by atoms with Crippen molar-refractivity contribution in [1.29, 1.82) is 0 Å². The minimum atomic E-state index is 0.452. The van der Waals surface area contributed by atoms with E-state index in [1.54, 1.807) is 31.0 Å². The number of piperidine rings is 1. The normalized spacial score (nSPS) is 18.5. The first-order chi connectivity index (χ1) is 10.3. The average molecular weight is 350 g/mol. The van der Waals surface area contributed by atoms with Crippen molar-refractivity contribution >= 4 is 21.9 Å². The van der Waals surface area contributed by atoms with Crippen LogP contribution < -0.4 is 9.64 Å². The minimum absolute atomic E-state index is 0.452. The maximum absolute atomic E-state index is 5.70. The summed E-state index contributed by atoms with van der Waals surface area (Å²) in [6.07, 6.45) is 10.7. The number of anilines is 1. The molecule has 0 N–H and O–H groups in total. The zero-order valence-electron chi connectivity index (χ0n) is 11.5. The van der Waals surface area contributed by atoms with Crippen LogP contribution in [0.1, 0.15) is 12.8 Å². The molecule has 3 rings (SSSR count). The fraction of sp³-hybridized carbons (Fsp3) is 0.429. The Balaban J connectivity index is 1.57. The highest BCUT2D eigenvalue weighted by Gasteiger charge is 2.22. The topological polar surface area (TPSA) is 64.0 Å². The third kappa shape index (κ3) is 3.87. The Bertz CT molecular complexity index is 565. The van der Waals surface area contributed by atoms with Gasteiger partial charge in [-0.1, -0.05) is 0 Å². The first-order valence-corrected chi connectivity index (χ1v) is 7.72. The Morgan fingerprint density at radius 3 is 2.81 bits per heavy atom. The first-order valence-electron chi connectivity index (χ1n) is 6.92. The van der Waals surface area contributed by atoms with Gasteiger partial charge in [-0.05, 0) is 28.8 Å². The van der Waals surface area contributed by atoms with Gasteiger partial charge in [0.1, 0.15) is 0 Å². The van der Waals surface area contributed by atoms with E-state index in [0.29, 0.717) is 18.4 Å². The predicted molar refractivity (Wildman–Crippen MR) is 82.2 cm³/mol. The molecule has 0 aliphatic carbocycles. The molecule has 1 saturated heterocycles. The van der Waals surface area contributed by atoms with E-state index in [4.69, 9.17) is 4.74 Å². The standard InChI is InChI=1S/C14H16BrN5O/c15-12-6-18-14(19-7-12)20-5-1-2-11(9-20)10-21-13-8-16-3-4-17-13/h3-4,6-8,11H,1-2,5,9-10H2. The lowest BCUT2D eigenvalue weighted by molar-refractivity contribution is 0.220. The second-order valence-electron chi connectivity index (χ2n) is 5.01. The minimum Gasteiger partial charge on any atom is -0.476 e. The highest BCUT2D eigenvalue weighted by atomic mass is 79.9. The Hall–Kier alpha value is -1.76. The third-order valence-corrected chi connectivity index (χ3v) is 3.82. The monoisotopic (exact) mass is 349 g/mol. The Labute approximate surface area is 131 Å². The first kappa shape index (κ1) is 14.2. The summed E-state index contributed by atoms with van der Waals surface area (Å²) in [5.41, 5.74) is 0. The van der Waals surface area contributed by atoms with Crippen LogP contribution in [-0.4, -0.2) is 39.6 Å². The van der Waals surface area contributed by atoms with E-state index >= 15 is 0 Å². The molecule has 7 heteroatoms. The summed E-state index contributed by atoms with van der Waals surface area (Å²) < 4.78 is 6.59. The number of nitrogens with zero attached hydrogens (tertiary/aromatic N) is 5. The lowest BCUT2D eigenvalue weighted by atomic mass is 9.99. The molecule has 0 bridgehead atoms. The van der Waals surface area contributed by atoms with E-state index in [1.165, 1.54) is 0 Å². The molecule has 0 spiro atoms. The van der Waals surface area contributed by atoms with Crippen molar-refractivity contribution in [2.45, 2.75) is 12.8 Å². The van der Waals surface area contributed by atoms with Gasteiger partial charge < -0.3 is 9.64 Å². The molecule has 0 saturated carbocycles. The van der Waals surface area contributed by atoms with Crippen LogP contribution in [-0.2, 0) is 0 Å². The summed E-state index contributed by atoms with van der Waals surface area (Å²) in [7, 11) is 0.